The smallest absolute Gasteiger partial charge is 0.317 e. The molecule has 0 atom stereocenters. The highest BCUT2D eigenvalue weighted by atomic mass is 19.3. The molecular formula is C15H18F2N4O. The number of urea groups is 1. The van der Waals surface area contributed by atoms with Gasteiger partial charge < -0.3 is 10.2 Å². The number of nitrogens with zero attached hydrogens (tertiary/aromatic N) is 3. The van der Waals surface area contributed by atoms with E-state index in [1.165, 1.54) is 0 Å². The summed E-state index contributed by atoms with van der Waals surface area (Å²) in [6, 6.07) is 9.04. The van der Waals surface area contributed by atoms with E-state index in [1.807, 2.05) is 12.1 Å². The lowest BCUT2D eigenvalue weighted by Crippen LogP contribution is -2.52. The molecule has 0 unspecified atom stereocenters. The van der Waals surface area contributed by atoms with E-state index < -0.39 is 19.0 Å². The number of carbonyl (C=O) groups is 1. The Morgan fingerprint density at radius 1 is 1.23 bits per heavy atom. The fraction of sp³-hybridized carbons (Fsp3) is 0.467. The molecule has 0 aliphatic carbocycles. The number of carbonyl (C=O) groups excluding carboxylic acids is 1. The van der Waals surface area contributed by atoms with E-state index in [0.29, 0.717) is 31.7 Å². The third-order valence-electron chi connectivity index (χ3n) is 3.56. The number of alkyl halides is 2. The molecule has 1 heterocycles. The highest BCUT2D eigenvalue weighted by molar-refractivity contribution is 5.74. The fourth-order valence-electron chi connectivity index (χ4n) is 2.33. The van der Waals surface area contributed by atoms with Crippen molar-refractivity contribution in [2.45, 2.75) is 13.0 Å². The van der Waals surface area contributed by atoms with Crippen molar-refractivity contribution in [3.8, 4) is 6.07 Å². The van der Waals surface area contributed by atoms with E-state index in [9.17, 15) is 13.6 Å². The molecule has 5 nitrogen and oxygen atoms in total. The standard InChI is InChI=1S/C15H18F2N4O/c16-14(17)10-19-15(22)21-7-5-20(6-8-21)11-13-3-1-12(9-18)2-4-13/h1-4,14H,5-8,10-11H2,(H,19,22). The highest BCUT2D eigenvalue weighted by Crippen LogP contribution is 2.10. The summed E-state index contributed by atoms with van der Waals surface area (Å²) < 4.78 is 24.1. The van der Waals surface area contributed by atoms with Crippen LogP contribution in [0.25, 0.3) is 0 Å². The molecule has 1 aromatic carbocycles. The molecule has 1 aliphatic rings. The highest BCUT2D eigenvalue weighted by Gasteiger charge is 2.21. The van der Waals surface area contributed by atoms with Crippen LogP contribution in [-0.2, 0) is 6.54 Å². The van der Waals surface area contributed by atoms with Crippen molar-refractivity contribution < 1.29 is 13.6 Å². The van der Waals surface area contributed by atoms with Gasteiger partial charge in [-0.25, -0.2) is 13.6 Å². The van der Waals surface area contributed by atoms with Gasteiger partial charge >= 0.3 is 6.03 Å². The SMILES string of the molecule is N#Cc1ccc(CN2CCN(C(=O)NCC(F)F)CC2)cc1. The second-order valence-corrected chi connectivity index (χ2v) is 5.15. The molecule has 1 N–H and O–H groups in total. The van der Waals surface area contributed by atoms with Gasteiger partial charge in [0.25, 0.3) is 6.43 Å². The van der Waals surface area contributed by atoms with Crippen LogP contribution in [0.15, 0.2) is 24.3 Å². The molecule has 0 spiro atoms. The Balaban J connectivity index is 1.77. The molecule has 2 rings (SSSR count). The second-order valence-electron chi connectivity index (χ2n) is 5.15. The van der Waals surface area contributed by atoms with Crippen LogP contribution < -0.4 is 5.32 Å². The molecule has 2 amide bonds. The molecule has 0 aromatic heterocycles. The predicted molar refractivity (Wildman–Crippen MR) is 77.4 cm³/mol. The van der Waals surface area contributed by atoms with Crippen LogP contribution in [0.5, 0.6) is 0 Å². The first-order valence-corrected chi connectivity index (χ1v) is 7.11. The molecule has 1 fully saturated rings. The van der Waals surface area contributed by atoms with E-state index in [2.05, 4.69) is 16.3 Å². The monoisotopic (exact) mass is 308 g/mol. The van der Waals surface area contributed by atoms with Gasteiger partial charge in [0, 0.05) is 32.7 Å². The topological polar surface area (TPSA) is 59.4 Å². The van der Waals surface area contributed by atoms with E-state index >= 15 is 0 Å². The molecular weight excluding hydrogens is 290 g/mol. The normalized spacial score (nSPS) is 15.6. The van der Waals surface area contributed by atoms with Gasteiger partial charge in [-0.2, -0.15) is 5.26 Å². The minimum atomic E-state index is -2.53. The van der Waals surface area contributed by atoms with Gasteiger partial charge in [-0.1, -0.05) is 12.1 Å². The number of hydrogen-bond donors (Lipinski definition) is 1. The van der Waals surface area contributed by atoms with Crippen molar-refractivity contribution in [1.29, 1.82) is 5.26 Å². The Labute approximate surface area is 128 Å². The third-order valence-corrected chi connectivity index (χ3v) is 3.56. The quantitative estimate of drug-likeness (QED) is 0.920. The first-order chi connectivity index (χ1) is 10.6. The molecule has 1 aromatic rings. The van der Waals surface area contributed by atoms with Crippen molar-refractivity contribution in [2.24, 2.45) is 0 Å². The summed E-state index contributed by atoms with van der Waals surface area (Å²) >= 11 is 0. The Kier molecular flexibility index (Phi) is 5.67. The van der Waals surface area contributed by atoms with Gasteiger partial charge in [-0.05, 0) is 17.7 Å². The van der Waals surface area contributed by atoms with Crippen LogP contribution >= 0.6 is 0 Å². The molecule has 1 aliphatic heterocycles. The number of piperazine rings is 1. The largest absolute Gasteiger partial charge is 0.332 e. The molecule has 0 bridgehead atoms. The molecule has 7 heteroatoms. The van der Waals surface area contributed by atoms with Crippen LogP contribution in [-0.4, -0.2) is 55.0 Å². The number of nitrogens with one attached hydrogen (secondary N) is 1. The molecule has 22 heavy (non-hydrogen) atoms. The maximum atomic E-state index is 12.1. The first kappa shape index (κ1) is 16.2. The van der Waals surface area contributed by atoms with Crippen LogP contribution in [0, 0.1) is 11.3 Å². The first-order valence-electron chi connectivity index (χ1n) is 7.11. The van der Waals surface area contributed by atoms with Gasteiger partial charge in [0.15, 0.2) is 0 Å². The van der Waals surface area contributed by atoms with Crippen molar-refractivity contribution in [3.63, 3.8) is 0 Å². The molecule has 118 valence electrons. The Bertz CT molecular complexity index is 533. The minimum absolute atomic E-state index is 0.432. The number of amides is 2. The summed E-state index contributed by atoms with van der Waals surface area (Å²) in [5.41, 5.74) is 1.74. The van der Waals surface area contributed by atoms with Gasteiger partial charge in [-0.15, -0.1) is 0 Å². The van der Waals surface area contributed by atoms with Crippen molar-refractivity contribution in [1.82, 2.24) is 15.1 Å². The lowest BCUT2D eigenvalue weighted by atomic mass is 10.1. The Morgan fingerprint density at radius 3 is 2.41 bits per heavy atom. The zero-order valence-electron chi connectivity index (χ0n) is 12.1. The number of nitriles is 1. The zero-order valence-corrected chi connectivity index (χ0v) is 12.1. The molecule has 0 radical (unpaired) electrons. The Hall–Kier alpha value is -2.20. The number of halogens is 2. The summed E-state index contributed by atoms with van der Waals surface area (Å²) in [4.78, 5) is 15.4. The maximum absolute atomic E-state index is 12.1. The molecule has 1 saturated heterocycles. The van der Waals surface area contributed by atoms with Crippen molar-refractivity contribution in [2.75, 3.05) is 32.7 Å². The summed E-state index contributed by atoms with van der Waals surface area (Å²) in [6.07, 6.45) is -2.53. The van der Waals surface area contributed by atoms with E-state index in [-0.39, 0.29) is 0 Å². The van der Waals surface area contributed by atoms with Crippen LogP contribution in [0.1, 0.15) is 11.1 Å². The molecule has 0 saturated carbocycles. The number of benzene rings is 1. The van der Waals surface area contributed by atoms with Gasteiger partial charge in [-0.3, -0.25) is 4.90 Å². The van der Waals surface area contributed by atoms with E-state index in [4.69, 9.17) is 5.26 Å². The zero-order chi connectivity index (χ0) is 15.9. The predicted octanol–water partition coefficient (Wildman–Crippen LogP) is 1.65. The average molecular weight is 308 g/mol. The lowest BCUT2D eigenvalue weighted by molar-refractivity contribution is 0.120. The summed E-state index contributed by atoms with van der Waals surface area (Å²) in [7, 11) is 0. The van der Waals surface area contributed by atoms with E-state index in [1.54, 1.807) is 17.0 Å². The van der Waals surface area contributed by atoms with Crippen LogP contribution in [0.2, 0.25) is 0 Å². The third kappa shape index (κ3) is 4.67. The van der Waals surface area contributed by atoms with Gasteiger partial charge in [0.1, 0.15) is 0 Å². The summed E-state index contributed by atoms with van der Waals surface area (Å²) in [5, 5.41) is 11.0. The summed E-state index contributed by atoms with van der Waals surface area (Å²) in [5.74, 6) is 0. The van der Waals surface area contributed by atoms with E-state index in [0.717, 1.165) is 12.1 Å². The van der Waals surface area contributed by atoms with Crippen molar-refractivity contribution >= 4 is 6.03 Å². The van der Waals surface area contributed by atoms with Crippen LogP contribution in [0.3, 0.4) is 0 Å². The van der Waals surface area contributed by atoms with Crippen LogP contribution in [0.4, 0.5) is 13.6 Å². The van der Waals surface area contributed by atoms with Gasteiger partial charge in [0.2, 0.25) is 0 Å². The lowest BCUT2D eigenvalue weighted by Gasteiger charge is -2.34. The minimum Gasteiger partial charge on any atom is -0.332 e. The number of hydrogen-bond acceptors (Lipinski definition) is 3. The van der Waals surface area contributed by atoms with Crippen molar-refractivity contribution in [3.05, 3.63) is 35.4 Å². The average Bonchev–Trinajstić information content (AvgIpc) is 2.54. The maximum Gasteiger partial charge on any atom is 0.317 e. The fourth-order valence-corrected chi connectivity index (χ4v) is 2.33. The summed E-state index contributed by atoms with van der Waals surface area (Å²) in [6.45, 7) is 2.57. The van der Waals surface area contributed by atoms with Gasteiger partial charge in [0.05, 0.1) is 18.2 Å². The number of rotatable bonds is 4. The Morgan fingerprint density at radius 2 is 1.86 bits per heavy atom. The second kappa shape index (κ2) is 7.71.